The predicted molar refractivity (Wildman–Crippen MR) is 166 cm³/mol. The first kappa shape index (κ1) is 30.2. The lowest BCUT2D eigenvalue weighted by Gasteiger charge is -2.35. The fourth-order valence-corrected chi connectivity index (χ4v) is 5.44. The van der Waals surface area contributed by atoms with E-state index in [0.29, 0.717) is 42.9 Å². The topological polar surface area (TPSA) is 115 Å². The summed E-state index contributed by atoms with van der Waals surface area (Å²) < 4.78 is 11.1. The number of anilines is 1. The number of nitrogens with one attached hydrogen (secondary N) is 2. The average molecular weight is 586 g/mol. The van der Waals surface area contributed by atoms with Crippen LogP contribution in [0.25, 0.3) is 10.8 Å². The summed E-state index contributed by atoms with van der Waals surface area (Å²) in [7, 11) is 0. The van der Waals surface area contributed by atoms with Gasteiger partial charge in [0.15, 0.2) is 0 Å². The van der Waals surface area contributed by atoms with Gasteiger partial charge >= 0.3 is 12.1 Å². The Hall–Kier alpha value is -4.28. The Labute approximate surface area is 252 Å². The number of nitrogens with zero attached hydrogens (tertiary/aromatic N) is 3. The molecule has 2 fully saturated rings. The minimum absolute atomic E-state index is 0.0170. The number of amides is 2. The van der Waals surface area contributed by atoms with Crippen LogP contribution in [0.2, 0.25) is 0 Å². The van der Waals surface area contributed by atoms with Crippen molar-refractivity contribution in [1.82, 2.24) is 15.1 Å². The number of ether oxygens (including phenoxy) is 2. The minimum atomic E-state index is -0.469. The van der Waals surface area contributed by atoms with E-state index in [1.165, 1.54) is 0 Å². The Kier molecular flexibility index (Phi) is 9.08. The SMILES string of the molecule is CC(C)(C)OC(=O)CCN1CCN(CC2CN(c3ccc(C(=N)NC(=O)c4cccc5ccccc45)cc3)C(=O)O2)CC1. The number of esters is 1. The van der Waals surface area contributed by atoms with Crippen LogP contribution in [-0.4, -0.2) is 91.1 Å². The number of hydrogen-bond acceptors (Lipinski definition) is 8. The lowest BCUT2D eigenvalue weighted by atomic mass is 10.0. The van der Waals surface area contributed by atoms with Crippen LogP contribution < -0.4 is 10.2 Å². The van der Waals surface area contributed by atoms with E-state index < -0.39 is 11.7 Å². The molecule has 2 heterocycles. The van der Waals surface area contributed by atoms with Crippen LogP contribution in [0.3, 0.4) is 0 Å². The summed E-state index contributed by atoms with van der Waals surface area (Å²) in [6.07, 6.45) is -0.270. The highest BCUT2D eigenvalue weighted by atomic mass is 16.6. The van der Waals surface area contributed by atoms with E-state index in [0.717, 1.165) is 37.0 Å². The number of fused-ring (bicyclic) bond motifs is 1. The standard InChI is InChI=1S/C33H39N5O5/c1-33(2,3)43-29(39)15-16-36-17-19-37(20-18-36)21-26-22-38(32(41)42-26)25-13-11-24(12-14-25)30(34)35-31(40)28-10-6-8-23-7-4-5-9-27(23)28/h4-14,26H,15-22H2,1-3H3,(H2,34,35,40). The molecule has 2 aliphatic rings. The molecule has 1 unspecified atom stereocenters. The molecule has 0 spiro atoms. The molecular formula is C33H39N5O5. The van der Waals surface area contributed by atoms with Crippen molar-refractivity contribution in [3.8, 4) is 0 Å². The molecule has 2 saturated heterocycles. The number of carbonyl (C=O) groups excluding carboxylic acids is 3. The van der Waals surface area contributed by atoms with Gasteiger partial charge in [0.25, 0.3) is 5.91 Å². The van der Waals surface area contributed by atoms with E-state index >= 15 is 0 Å². The quantitative estimate of drug-likeness (QED) is 0.231. The van der Waals surface area contributed by atoms with Gasteiger partial charge < -0.3 is 19.7 Å². The zero-order chi connectivity index (χ0) is 30.6. The summed E-state index contributed by atoms with van der Waals surface area (Å²) >= 11 is 0. The molecule has 0 bridgehead atoms. The van der Waals surface area contributed by atoms with Gasteiger partial charge in [-0.1, -0.05) is 36.4 Å². The number of carbonyl (C=O) groups is 3. The monoisotopic (exact) mass is 585 g/mol. The van der Waals surface area contributed by atoms with Gasteiger partial charge in [0.2, 0.25) is 0 Å². The summed E-state index contributed by atoms with van der Waals surface area (Å²) in [4.78, 5) is 43.8. The average Bonchev–Trinajstić information content (AvgIpc) is 3.35. The molecule has 0 aliphatic carbocycles. The molecule has 1 atom stereocenters. The number of piperazine rings is 1. The predicted octanol–water partition coefficient (Wildman–Crippen LogP) is 4.27. The van der Waals surface area contributed by atoms with E-state index in [1.54, 1.807) is 35.2 Å². The highest BCUT2D eigenvalue weighted by molar-refractivity contribution is 6.16. The fraction of sp³-hybridized carbons (Fsp3) is 0.394. The van der Waals surface area contributed by atoms with Crippen molar-refractivity contribution in [3.05, 3.63) is 77.9 Å². The maximum atomic E-state index is 12.9. The molecule has 10 heteroatoms. The number of rotatable bonds is 8. The number of cyclic esters (lactones) is 1. The first-order valence-electron chi connectivity index (χ1n) is 14.7. The highest BCUT2D eigenvalue weighted by Gasteiger charge is 2.34. The second-order valence-electron chi connectivity index (χ2n) is 12.0. The van der Waals surface area contributed by atoms with Crippen LogP contribution in [0.4, 0.5) is 10.5 Å². The first-order valence-corrected chi connectivity index (χ1v) is 14.7. The van der Waals surface area contributed by atoms with E-state index in [1.807, 2.05) is 57.2 Å². The van der Waals surface area contributed by atoms with Crippen molar-refractivity contribution in [2.24, 2.45) is 0 Å². The largest absolute Gasteiger partial charge is 0.460 e. The zero-order valence-electron chi connectivity index (χ0n) is 25.0. The third kappa shape index (κ3) is 7.77. The van der Waals surface area contributed by atoms with Gasteiger partial charge in [0.1, 0.15) is 17.5 Å². The van der Waals surface area contributed by atoms with Gasteiger partial charge in [0, 0.05) is 56.1 Å². The Balaban J connectivity index is 1.09. The molecule has 0 radical (unpaired) electrons. The summed E-state index contributed by atoms with van der Waals surface area (Å²) in [6, 6.07) is 20.1. The number of amidine groups is 1. The van der Waals surface area contributed by atoms with Gasteiger partial charge in [-0.2, -0.15) is 0 Å². The molecule has 226 valence electrons. The molecule has 3 aromatic carbocycles. The van der Waals surface area contributed by atoms with Crippen LogP contribution in [0.1, 0.15) is 43.1 Å². The molecule has 43 heavy (non-hydrogen) atoms. The Morgan fingerprint density at radius 1 is 0.953 bits per heavy atom. The van der Waals surface area contributed by atoms with Crippen molar-refractivity contribution < 1.29 is 23.9 Å². The van der Waals surface area contributed by atoms with E-state index in [2.05, 4.69) is 15.1 Å². The minimum Gasteiger partial charge on any atom is -0.460 e. The summed E-state index contributed by atoms with van der Waals surface area (Å²) in [5.41, 5.74) is 1.25. The zero-order valence-corrected chi connectivity index (χ0v) is 25.0. The van der Waals surface area contributed by atoms with Crippen molar-refractivity contribution >= 4 is 40.3 Å². The van der Waals surface area contributed by atoms with Crippen LogP contribution in [0.15, 0.2) is 66.7 Å². The highest BCUT2D eigenvalue weighted by Crippen LogP contribution is 2.24. The number of benzene rings is 3. The van der Waals surface area contributed by atoms with Gasteiger partial charge in [0.05, 0.1) is 13.0 Å². The van der Waals surface area contributed by atoms with Gasteiger partial charge in [-0.25, -0.2) is 4.79 Å². The second kappa shape index (κ2) is 12.9. The molecule has 2 N–H and O–H groups in total. The van der Waals surface area contributed by atoms with E-state index in [-0.39, 0.29) is 23.8 Å². The maximum absolute atomic E-state index is 12.9. The molecule has 2 aliphatic heterocycles. The summed E-state index contributed by atoms with van der Waals surface area (Å²) in [5, 5.41) is 12.9. The third-order valence-electron chi connectivity index (χ3n) is 7.59. The van der Waals surface area contributed by atoms with Gasteiger partial charge in [-0.05, 0) is 61.9 Å². The van der Waals surface area contributed by atoms with Crippen LogP contribution in [-0.2, 0) is 14.3 Å². The van der Waals surface area contributed by atoms with Crippen LogP contribution in [0.5, 0.6) is 0 Å². The maximum Gasteiger partial charge on any atom is 0.414 e. The first-order chi connectivity index (χ1) is 20.6. The van der Waals surface area contributed by atoms with Crippen LogP contribution >= 0.6 is 0 Å². The fourth-order valence-electron chi connectivity index (χ4n) is 5.44. The Morgan fingerprint density at radius 3 is 2.35 bits per heavy atom. The molecular weight excluding hydrogens is 546 g/mol. The molecule has 10 nitrogen and oxygen atoms in total. The Morgan fingerprint density at radius 2 is 1.63 bits per heavy atom. The second-order valence-corrected chi connectivity index (χ2v) is 12.0. The lowest BCUT2D eigenvalue weighted by Crippen LogP contribution is -2.49. The Bertz CT molecular complexity index is 1490. The van der Waals surface area contributed by atoms with Crippen molar-refractivity contribution in [1.29, 1.82) is 5.41 Å². The van der Waals surface area contributed by atoms with Gasteiger partial charge in [-0.3, -0.25) is 24.8 Å². The van der Waals surface area contributed by atoms with Crippen molar-refractivity contribution in [2.75, 3.05) is 50.7 Å². The van der Waals surface area contributed by atoms with Crippen molar-refractivity contribution in [2.45, 2.75) is 38.9 Å². The molecule has 3 aromatic rings. The lowest BCUT2D eigenvalue weighted by molar-refractivity contribution is -0.155. The van der Waals surface area contributed by atoms with E-state index in [4.69, 9.17) is 14.9 Å². The van der Waals surface area contributed by atoms with Crippen LogP contribution in [0, 0.1) is 5.41 Å². The number of hydrogen-bond donors (Lipinski definition) is 2. The summed E-state index contributed by atoms with van der Waals surface area (Å²) in [5.74, 6) is -0.541. The normalized spacial score (nSPS) is 18.0. The summed E-state index contributed by atoms with van der Waals surface area (Å²) in [6.45, 7) is 10.7. The van der Waals surface area contributed by atoms with Gasteiger partial charge in [-0.15, -0.1) is 0 Å². The molecule has 0 aromatic heterocycles. The molecule has 2 amide bonds. The molecule has 5 rings (SSSR count). The third-order valence-corrected chi connectivity index (χ3v) is 7.59. The smallest absolute Gasteiger partial charge is 0.414 e. The van der Waals surface area contributed by atoms with E-state index in [9.17, 15) is 14.4 Å². The van der Waals surface area contributed by atoms with Crippen molar-refractivity contribution in [3.63, 3.8) is 0 Å². The molecule has 0 saturated carbocycles.